The number of H-pyrrole nitrogens is 3. The van der Waals surface area contributed by atoms with E-state index < -0.39 is 0 Å². The third kappa shape index (κ3) is 4.98. The van der Waals surface area contributed by atoms with Crippen LogP contribution in [0.1, 0.15) is 109 Å². The Balaban J connectivity index is 0.000000220. The number of benzene rings is 2. The van der Waals surface area contributed by atoms with Crippen molar-refractivity contribution in [2.45, 2.75) is 86.5 Å². The van der Waals surface area contributed by atoms with Crippen molar-refractivity contribution >= 4 is 22.1 Å². The Kier molecular flexibility index (Phi) is 8.11. The molecule has 174 valence electrons. The number of aromatic amines is 3. The van der Waals surface area contributed by atoms with E-state index in [0.717, 1.165) is 22.1 Å². The summed E-state index contributed by atoms with van der Waals surface area (Å²) in [6, 6.07) is 8.45. The Morgan fingerprint density at radius 3 is 1.75 bits per heavy atom. The first-order valence-electron chi connectivity index (χ1n) is 11.3. The summed E-state index contributed by atoms with van der Waals surface area (Å²) in [7, 11) is 0. The molecule has 32 heavy (non-hydrogen) atoms. The lowest BCUT2D eigenvalue weighted by Gasteiger charge is -2.16. The minimum absolute atomic E-state index is 0. The second-order valence-corrected chi connectivity index (χ2v) is 9.56. The van der Waals surface area contributed by atoms with Gasteiger partial charge >= 0.3 is 5.69 Å². The van der Waals surface area contributed by atoms with Gasteiger partial charge in [0.25, 0.3) is 0 Å². The van der Waals surface area contributed by atoms with Crippen LogP contribution in [0.2, 0.25) is 0 Å². The third-order valence-corrected chi connectivity index (χ3v) is 5.83. The molecule has 2 aromatic heterocycles. The topological polar surface area (TPSA) is 77.3 Å². The Morgan fingerprint density at radius 1 is 0.688 bits per heavy atom. The van der Waals surface area contributed by atoms with Gasteiger partial charge in [-0.3, -0.25) is 0 Å². The summed E-state index contributed by atoms with van der Waals surface area (Å²) in [5, 5.41) is 0. The van der Waals surface area contributed by atoms with Crippen molar-refractivity contribution in [3.63, 3.8) is 0 Å². The molecule has 0 aliphatic heterocycles. The molecule has 0 atom stereocenters. The first kappa shape index (κ1) is 25.4. The van der Waals surface area contributed by atoms with Crippen LogP contribution in [0.3, 0.4) is 0 Å². The predicted octanol–water partition coefficient (Wildman–Crippen LogP) is 7.55. The fourth-order valence-electron chi connectivity index (χ4n) is 4.42. The first-order chi connectivity index (χ1) is 14.6. The van der Waals surface area contributed by atoms with E-state index in [2.05, 4.69) is 93.5 Å². The van der Waals surface area contributed by atoms with Gasteiger partial charge in [-0.1, -0.05) is 74.9 Å². The summed E-state index contributed by atoms with van der Waals surface area (Å²) in [6.45, 7) is 17.6. The quantitative estimate of drug-likeness (QED) is 0.309. The average Bonchev–Trinajstić information content (AvgIpc) is 3.31. The van der Waals surface area contributed by atoms with Crippen molar-refractivity contribution < 1.29 is 0 Å². The second-order valence-electron chi connectivity index (χ2n) is 9.56. The molecule has 0 aliphatic rings. The largest absolute Gasteiger partial charge is 0.345 e. The highest BCUT2D eigenvalue weighted by Crippen LogP contribution is 2.32. The Hall–Kier alpha value is -2.82. The number of aromatic nitrogens is 4. The lowest BCUT2D eigenvalue weighted by molar-refractivity contribution is 0.796. The highest BCUT2D eigenvalue weighted by atomic mass is 16.1. The molecule has 0 fully saturated rings. The zero-order chi connectivity index (χ0) is 22.9. The van der Waals surface area contributed by atoms with Crippen LogP contribution in [0.4, 0.5) is 0 Å². The van der Waals surface area contributed by atoms with Gasteiger partial charge < -0.3 is 15.0 Å². The third-order valence-electron chi connectivity index (χ3n) is 5.83. The maximum absolute atomic E-state index is 11.3. The summed E-state index contributed by atoms with van der Waals surface area (Å²) in [5.74, 6) is 1.96. The highest BCUT2D eigenvalue weighted by Gasteiger charge is 2.16. The summed E-state index contributed by atoms with van der Waals surface area (Å²) < 4.78 is 0. The SMILES string of the molecule is C.CC(C)c1ccc2[nH]c(=O)[nH]c2c1C(C)C.CC(C)c1ccc2[nH]cnc2c1C(C)C. The van der Waals surface area contributed by atoms with Crippen molar-refractivity contribution in [3.8, 4) is 0 Å². The Labute approximate surface area is 192 Å². The molecule has 4 aromatic rings. The van der Waals surface area contributed by atoms with Crippen molar-refractivity contribution in [1.82, 2.24) is 19.9 Å². The number of hydrogen-bond acceptors (Lipinski definition) is 2. The van der Waals surface area contributed by atoms with E-state index in [1.165, 1.54) is 22.3 Å². The van der Waals surface area contributed by atoms with Gasteiger partial charge in [-0.05, 0) is 58.1 Å². The van der Waals surface area contributed by atoms with Crippen LogP contribution in [-0.2, 0) is 0 Å². The molecule has 0 bridgehead atoms. The standard InChI is InChI=1S/C13H18N2O.C13H18N2.CH4/c1-7(2)9-5-6-10-12(11(9)8(3)4)15-13(16)14-10;1-8(2)10-5-6-11-13(15-7-14-11)12(10)9(3)4;/h5-8H,1-4H3,(H2,14,15,16);5-9H,1-4H3,(H,14,15);1H4. The summed E-state index contributed by atoms with van der Waals surface area (Å²) in [4.78, 5) is 24.6. The molecule has 2 aromatic carbocycles. The molecule has 5 heteroatoms. The van der Waals surface area contributed by atoms with Gasteiger partial charge in [0, 0.05) is 0 Å². The molecular weight excluding hydrogens is 396 g/mol. The van der Waals surface area contributed by atoms with Crippen molar-refractivity contribution in [2.24, 2.45) is 0 Å². The molecule has 0 aliphatic carbocycles. The maximum atomic E-state index is 11.3. The molecule has 2 heterocycles. The van der Waals surface area contributed by atoms with E-state index in [9.17, 15) is 4.79 Å². The summed E-state index contributed by atoms with van der Waals surface area (Å²) in [5.41, 5.74) is 9.40. The fourth-order valence-corrected chi connectivity index (χ4v) is 4.42. The number of fused-ring (bicyclic) bond motifs is 2. The van der Waals surface area contributed by atoms with Crippen molar-refractivity contribution in [3.05, 3.63) is 63.3 Å². The molecular formula is C27H40N4O. The van der Waals surface area contributed by atoms with E-state index in [-0.39, 0.29) is 13.1 Å². The van der Waals surface area contributed by atoms with E-state index in [4.69, 9.17) is 0 Å². The Bertz CT molecular complexity index is 1220. The molecule has 0 unspecified atom stereocenters. The van der Waals surface area contributed by atoms with Crippen molar-refractivity contribution in [2.75, 3.05) is 0 Å². The van der Waals surface area contributed by atoms with Gasteiger partial charge in [0.2, 0.25) is 0 Å². The molecule has 0 radical (unpaired) electrons. The summed E-state index contributed by atoms with van der Waals surface area (Å²) in [6.07, 6.45) is 1.78. The molecule has 0 saturated heterocycles. The van der Waals surface area contributed by atoms with Crippen LogP contribution < -0.4 is 5.69 Å². The average molecular weight is 437 g/mol. The maximum Gasteiger partial charge on any atom is 0.323 e. The van der Waals surface area contributed by atoms with Crippen LogP contribution in [0, 0.1) is 0 Å². The van der Waals surface area contributed by atoms with Gasteiger partial charge in [0.05, 0.1) is 28.4 Å². The normalized spacial score (nSPS) is 11.5. The molecule has 0 amide bonds. The minimum Gasteiger partial charge on any atom is -0.345 e. The van der Waals surface area contributed by atoms with E-state index >= 15 is 0 Å². The molecule has 5 nitrogen and oxygen atoms in total. The monoisotopic (exact) mass is 436 g/mol. The number of imidazole rings is 2. The number of hydrogen-bond donors (Lipinski definition) is 3. The highest BCUT2D eigenvalue weighted by molar-refractivity contribution is 5.81. The van der Waals surface area contributed by atoms with E-state index in [1.54, 1.807) is 6.33 Å². The Morgan fingerprint density at radius 2 is 1.22 bits per heavy atom. The number of rotatable bonds is 4. The molecule has 0 spiro atoms. The van der Waals surface area contributed by atoms with Crippen LogP contribution in [0.15, 0.2) is 35.4 Å². The van der Waals surface area contributed by atoms with Crippen LogP contribution >= 0.6 is 0 Å². The first-order valence-corrected chi connectivity index (χ1v) is 11.3. The molecule has 3 N–H and O–H groups in total. The van der Waals surface area contributed by atoms with E-state index in [0.29, 0.717) is 23.7 Å². The molecule has 0 saturated carbocycles. The van der Waals surface area contributed by atoms with Crippen molar-refractivity contribution in [1.29, 1.82) is 0 Å². The lowest BCUT2D eigenvalue weighted by atomic mass is 9.89. The van der Waals surface area contributed by atoms with Gasteiger partial charge in [-0.25, -0.2) is 9.78 Å². The van der Waals surface area contributed by atoms with Crippen LogP contribution in [-0.4, -0.2) is 19.9 Å². The second kappa shape index (κ2) is 10.2. The zero-order valence-electron chi connectivity index (χ0n) is 20.1. The number of nitrogens with one attached hydrogen (secondary N) is 3. The van der Waals surface area contributed by atoms with Crippen LogP contribution in [0.25, 0.3) is 22.1 Å². The molecule has 4 rings (SSSR count). The fraction of sp³-hybridized carbons (Fsp3) is 0.481. The smallest absolute Gasteiger partial charge is 0.323 e. The minimum atomic E-state index is -0.127. The lowest BCUT2D eigenvalue weighted by Crippen LogP contribution is -2.01. The summed E-state index contributed by atoms with van der Waals surface area (Å²) >= 11 is 0. The van der Waals surface area contributed by atoms with E-state index in [1.807, 2.05) is 6.07 Å². The van der Waals surface area contributed by atoms with Gasteiger partial charge in [-0.2, -0.15) is 0 Å². The van der Waals surface area contributed by atoms with Gasteiger partial charge in [0.15, 0.2) is 0 Å². The number of nitrogens with zero attached hydrogens (tertiary/aromatic N) is 1. The van der Waals surface area contributed by atoms with Crippen LogP contribution in [0.5, 0.6) is 0 Å². The van der Waals surface area contributed by atoms with Gasteiger partial charge in [0.1, 0.15) is 0 Å². The zero-order valence-corrected chi connectivity index (χ0v) is 20.1. The van der Waals surface area contributed by atoms with Gasteiger partial charge in [-0.15, -0.1) is 0 Å². The predicted molar refractivity (Wildman–Crippen MR) is 138 cm³/mol.